The summed E-state index contributed by atoms with van der Waals surface area (Å²) in [5, 5.41) is 0. The van der Waals surface area contributed by atoms with Gasteiger partial charge in [-0.3, -0.25) is 4.98 Å². The maximum absolute atomic E-state index is 13.0. The predicted molar refractivity (Wildman–Crippen MR) is 65.6 cm³/mol. The molecule has 0 aliphatic heterocycles. The Hall–Kier alpha value is -1.42. The number of pyridine rings is 1. The summed E-state index contributed by atoms with van der Waals surface area (Å²) < 4.78 is 13.5. The van der Waals surface area contributed by atoms with Crippen LogP contribution >= 0.6 is 15.9 Å². The molecule has 0 saturated carbocycles. The molecule has 0 radical (unpaired) electrons. The molecule has 0 bridgehead atoms. The molecule has 0 amide bonds. The number of aromatic nitrogens is 1. The van der Waals surface area contributed by atoms with Gasteiger partial charge in [0.05, 0.1) is 4.47 Å². The molecule has 0 atom stereocenters. The Labute approximate surface area is 101 Å². The van der Waals surface area contributed by atoms with Crippen molar-refractivity contribution in [2.75, 3.05) is 5.73 Å². The first-order valence-electron chi connectivity index (χ1n) is 4.79. The highest BCUT2D eigenvalue weighted by Gasteiger charge is 2.03. The maximum atomic E-state index is 13.0. The Balaban J connectivity index is 2.28. The van der Waals surface area contributed by atoms with Gasteiger partial charge in [0.1, 0.15) is 5.82 Å². The monoisotopic (exact) mass is 280 g/mol. The van der Waals surface area contributed by atoms with E-state index in [9.17, 15) is 4.39 Å². The second kappa shape index (κ2) is 4.61. The molecule has 2 N–H and O–H groups in total. The van der Waals surface area contributed by atoms with Crippen molar-refractivity contribution in [3.05, 3.63) is 58.1 Å². The topological polar surface area (TPSA) is 38.9 Å². The molecule has 16 heavy (non-hydrogen) atoms. The lowest BCUT2D eigenvalue weighted by atomic mass is 10.1. The molecular weight excluding hydrogens is 271 g/mol. The van der Waals surface area contributed by atoms with Crippen molar-refractivity contribution in [1.82, 2.24) is 4.98 Å². The molecule has 4 heteroatoms. The average molecular weight is 281 g/mol. The van der Waals surface area contributed by atoms with Crippen LogP contribution in [0.5, 0.6) is 0 Å². The molecule has 82 valence electrons. The zero-order chi connectivity index (χ0) is 11.5. The highest BCUT2D eigenvalue weighted by atomic mass is 79.9. The highest BCUT2D eigenvalue weighted by Crippen LogP contribution is 2.20. The molecule has 0 saturated heterocycles. The van der Waals surface area contributed by atoms with Crippen molar-refractivity contribution in [2.45, 2.75) is 6.42 Å². The number of halogens is 2. The third kappa shape index (κ3) is 2.39. The lowest BCUT2D eigenvalue weighted by Gasteiger charge is -2.05. The third-order valence-electron chi connectivity index (χ3n) is 2.32. The Morgan fingerprint density at radius 2 is 2.12 bits per heavy atom. The second-order valence-electron chi connectivity index (χ2n) is 3.50. The Kier molecular flexibility index (Phi) is 3.19. The van der Waals surface area contributed by atoms with Crippen molar-refractivity contribution in [3.8, 4) is 0 Å². The van der Waals surface area contributed by atoms with Gasteiger partial charge in [0, 0.05) is 24.5 Å². The van der Waals surface area contributed by atoms with Crippen molar-refractivity contribution < 1.29 is 4.39 Å². The van der Waals surface area contributed by atoms with E-state index in [-0.39, 0.29) is 5.82 Å². The minimum atomic E-state index is -0.261. The van der Waals surface area contributed by atoms with E-state index < -0.39 is 0 Å². The summed E-state index contributed by atoms with van der Waals surface area (Å²) in [6.07, 6.45) is 4.03. The number of anilines is 1. The van der Waals surface area contributed by atoms with E-state index in [2.05, 4.69) is 20.9 Å². The molecule has 0 aliphatic rings. The molecule has 0 unspecified atom stereocenters. The van der Waals surface area contributed by atoms with Crippen LogP contribution in [0, 0.1) is 5.82 Å². The number of nitrogen functional groups attached to an aromatic ring is 1. The first kappa shape index (κ1) is 11.1. The minimum absolute atomic E-state index is 0.261. The van der Waals surface area contributed by atoms with Gasteiger partial charge in [-0.05, 0) is 45.3 Å². The van der Waals surface area contributed by atoms with Crippen LogP contribution in [0.25, 0.3) is 0 Å². The Morgan fingerprint density at radius 1 is 1.31 bits per heavy atom. The fraction of sp³-hybridized carbons (Fsp3) is 0.0833. The zero-order valence-electron chi connectivity index (χ0n) is 8.45. The second-order valence-corrected chi connectivity index (χ2v) is 4.35. The average Bonchev–Trinajstić information content (AvgIpc) is 2.27. The van der Waals surface area contributed by atoms with E-state index in [1.54, 1.807) is 30.6 Å². The number of nitrogens with zero attached hydrogens (tertiary/aromatic N) is 1. The third-order valence-corrected chi connectivity index (χ3v) is 2.93. The maximum Gasteiger partial charge on any atom is 0.137 e. The molecule has 2 rings (SSSR count). The Morgan fingerprint density at radius 3 is 2.81 bits per heavy atom. The van der Waals surface area contributed by atoms with E-state index in [1.165, 1.54) is 6.07 Å². The van der Waals surface area contributed by atoms with Gasteiger partial charge >= 0.3 is 0 Å². The van der Waals surface area contributed by atoms with Gasteiger partial charge in [0.15, 0.2) is 0 Å². The quantitative estimate of drug-likeness (QED) is 0.918. The molecule has 1 aromatic heterocycles. The number of hydrogen-bond acceptors (Lipinski definition) is 2. The van der Waals surface area contributed by atoms with Crippen LogP contribution in [0.15, 0.2) is 41.1 Å². The first-order chi connectivity index (χ1) is 7.66. The number of rotatable bonds is 2. The Bertz CT molecular complexity index is 514. The van der Waals surface area contributed by atoms with E-state index in [1.807, 2.05) is 0 Å². The van der Waals surface area contributed by atoms with Gasteiger partial charge in [0.25, 0.3) is 0 Å². The molecule has 2 aromatic rings. The molecule has 1 heterocycles. The van der Waals surface area contributed by atoms with Gasteiger partial charge < -0.3 is 5.73 Å². The van der Waals surface area contributed by atoms with Crippen LogP contribution in [0.3, 0.4) is 0 Å². The summed E-state index contributed by atoms with van der Waals surface area (Å²) in [5.41, 5.74) is 8.45. The fourth-order valence-corrected chi connectivity index (χ4v) is 1.88. The van der Waals surface area contributed by atoms with Gasteiger partial charge in [0.2, 0.25) is 0 Å². The van der Waals surface area contributed by atoms with Crippen molar-refractivity contribution in [2.24, 2.45) is 0 Å². The lowest BCUT2D eigenvalue weighted by molar-refractivity contribution is 0.620. The van der Waals surface area contributed by atoms with Crippen molar-refractivity contribution in [1.29, 1.82) is 0 Å². The van der Waals surface area contributed by atoms with Crippen LogP contribution in [0.2, 0.25) is 0 Å². The summed E-state index contributed by atoms with van der Waals surface area (Å²) in [5.74, 6) is -0.261. The molecule has 0 spiro atoms. The highest BCUT2D eigenvalue weighted by molar-refractivity contribution is 9.10. The molecule has 0 fully saturated rings. The molecule has 0 aliphatic carbocycles. The smallest absolute Gasteiger partial charge is 0.137 e. The van der Waals surface area contributed by atoms with E-state index in [0.29, 0.717) is 16.6 Å². The van der Waals surface area contributed by atoms with Crippen LogP contribution in [0.1, 0.15) is 11.1 Å². The van der Waals surface area contributed by atoms with E-state index in [4.69, 9.17) is 5.73 Å². The van der Waals surface area contributed by atoms with Gasteiger partial charge in [-0.15, -0.1) is 0 Å². The number of hydrogen-bond donors (Lipinski definition) is 1. The SMILES string of the molecule is Nc1ccncc1Cc1ccc(F)c(Br)c1. The fourth-order valence-electron chi connectivity index (χ4n) is 1.46. The number of benzene rings is 1. The van der Waals surface area contributed by atoms with Gasteiger partial charge in [-0.2, -0.15) is 0 Å². The standard InChI is InChI=1S/C12H10BrFN2/c13-10-6-8(1-2-11(10)14)5-9-7-16-4-3-12(9)15/h1-4,6-7H,5H2,(H2,15,16). The normalized spacial score (nSPS) is 10.4. The van der Waals surface area contributed by atoms with Crippen LogP contribution < -0.4 is 5.73 Å². The van der Waals surface area contributed by atoms with E-state index in [0.717, 1.165) is 11.1 Å². The zero-order valence-corrected chi connectivity index (χ0v) is 10.0. The summed E-state index contributed by atoms with van der Waals surface area (Å²) in [4.78, 5) is 4.02. The van der Waals surface area contributed by atoms with Crippen LogP contribution in [-0.2, 0) is 6.42 Å². The van der Waals surface area contributed by atoms with Crippen LogP contribution in [0.4, 0.5) is 10.1 Å². The van der Waals surface area contributed by atoms with E-state index >= 15 is 0 Å². The minimum Gasteiger partial charge on any atom is -0.398 e. The number of nitrogens with two attached hydrogens (primary N) is 1. The lowest BCUT2D eigenvalue weighted by Crippen LogP contribution is -1.96. The summed E-state index contributed by atoms with van der Waals surface area (Å²) >= 11 is 3.16. The first-order valence-corrected chi connectivity index (χ1v) is 5.58. The molecular formula is C12H10BrFN2. The molecule has 2 nitrogen and oxygen atoms in total. The largest absolute Gasteiger partial charge is 0.398 e. The molecule has 1 aromatic carbocycles. The van der Waals surface area contributed by atoms with Gasteiger partial charge in [-0.1, -0.05) is 6.07 Å². The summed E-state index contributed by atoms with van der Waals surface area (Å²) in [7, 11) is 0. The van der Waals surface area contributed by atoms with Crippen molar-refractivity contribution >= 4 is 21.6 Å². The summed E-state index contributed by atoms with van der Waals surface area (Å²) in [6.45, 7) is 0. The van der Waals surface area contributed by atoms with Gasteiger partial charge in [-0.25, -0.2) is 4.39 Å². The van der Waals surface area contributed by atoms with Crippen LogP contribution in [-0.4, -0.2) is 4.98 Å². The predicted octanol–water partition coefficient (Wildman–Crippen LogP) is 3.16. The summed E-state index contributed by atoms with van der Waals surface area (Å²) in [6, 6.07) is 6.69. The van der Waals surface area contributed by atoms with Crippen molar-refractivity contribution in [3.63, 3.8) is 0 Å².